The van der Waals surface area contributed by atoms with E-state index in [1.165, 1.54) is 0 Å². The summed E-state index contributed by atoms with van der Waals surface area (Å²) in [5.74, 6) is 0.316. The van der Waals surface area contributed by atoms with Crippen molar-refractivity contribution >= 4 is 17.3 Å². The maximum atomic E-state index is 9.88. The number of benzene rings is 1. The highest BCUT2D eigenvalue weighted by Crippen LogP contribution is 2.30. The minimum atomic E-state index is -0.339. The van der Waals surface area contributed by atoms with E-state index in [1.54, 1.807) is 6.07 Å². The van der Waals surface area contributed by atoms with Crippen LogP contribution in [-0.2, 0) is 0 Å². The zero-order valence-corrected chi connectivity index (χ0v) is 10.5. The lowest BCUT2D eigenvalue weighted by Gasteiger charge is -2.36. The Morgan fingerprint density at radius 2 is 2.29 bits per heavy atom. The van der Waals surface area contributed by atoms with Gasteiger partial charge < -0.3 is 10.0 Å². The van der Waals surface area contributed by atoms with Gasteiger partial charge in [-0.3, -0.25) is 0 Å². The Balaban J connectivity index is 2.29. The van der Waals surface area contributed by atoms with Crippen molar-refractivity contribution in [3.63, 3.8) is 0 Å². The summed E-state index contributed by atoms with van der Waals surface area (Å²) in [6, 6.07) is 7.57. The lowest BCUT2D eigenvalue weighted by atomic mass is 9.95. The standard InChI is InChI=1S/C13H15ClN2O/c1-9-5-6-16(8-13(9)17)12-4-2-3-11(14)10(12)7-15/h2-4,9,13,17H,5-6,8H2,1H3. The van der Waals surface area contributed by atoms with Crippen LogP contribution in [0.2, 0.25) is 5.02 Å². The highest BCUT2D eigenvalue weighted by atomic mass is 35.5. The average molecular weight is 251 g/mol. The van der Waals surface area contributed by atoms with Gasteiger partial charge in [-0.05, 0) is 24.5 Å². The molecule has 2 atom stereocenters. The first kappa shape index (κ1) is 12.2. The molecule has 1 aliphatic heterocycles. The van der Waals surface area contributed by atoms with E-state index in [0.717, 1.165) is 18.7 Å². The molecule has 0 aromatic heterocycles. The highest BCUT2D eigenvalue weighted by Gasteiger charge is 2.26. The van der Waals surface area contributed by atoms with Crippen LogP contribution in [0.5, 0.6) is 0 Å². The van der Waals surface area contributed by atoms with Crippen molar-refractivity contribution in [2.45, 2.75) is 19.4 Å². The van der Waals surface area contributed by atoms with Crippen LogP contribution in [0, 0.1) is 17.2 Å². The van der Waals surface area contributed by atoms with Crippen molar-refractivity contribution in [2.24, 2.45) is 5.92 Å². The lowest BCUT2D eigenvalue weighted by molar-refractivity contribution is 0.103. The van der Waals surface area contributed by atoms with Gasteiger partial charge in [-0.15, -0.1) is 0 Å². The summed E-state index contributed by atoms with van der Waals surface area (Å²) in [5, 5.41) is 19.5. The van der Waals surface area contributed by atoms with Crippen LogP contribution in [0.25, 0.3) is 0 Å². The number of halogens is 1. The van der Waals surface area contributed by atoms with Gasteiger partial charge in [0.25, 0.3) is 0 Å². The largest absolute Gasteiger partial charge is 0.391 e. The molecule has 0 radical (unpaired) electrons. The first-order chi connectivity index (χ1) is 8.13. The Labute approximate surface area is 106 Å². The molecule has 90 valence electrons. The predicted molar refractivity (Wildman–Crippen MR) is 68.2 cm³/mol. The fourth-order valence-electron chi connectivity index (χ4n) is 2.15. The summed E-state index contributed by atoms with van der Waals surface area (Å²) in [5.41, 5.74) is 1.32. The number of hydrogen-bond donors (Lipinski definition) is 1. The van der Waals surface area contributed by atoms with Gasteiger partial charge in [0.2, 0.25) is 0 Å². The van der Waals surface area contributed by atoms with Gasteiger partial charge in [-0.2, -0.15) is 5.26 Å². The first-order valence-corrected chi connectivity index (χ1v) is 6.13. The number of nitriles is 1. The summed E-state index contributed by atoms with van der Waals surface area (Å²) in [7, 11) is 0. The third-order valence-corrected chi connectivity index (χ3v) is 3.68. The van der Waals surface area contributed by atoms with Gasteiger partial charge in [-0.25, -0.2) is 0 Å². The third-order valence-electron chi connectivity index (χ3n) is 3.36. The molecule has 3 nitrogen and oxygen atoms in total. The Kier molecular flexibility index (Phi) is 3.56. The van der Waals surface area contributed by atoms with E-state index >= 15 is 0 Å². The van der Waals surface area contributed by atoms with Gasteiger partial charge in [0, 0.05) is 13.1 Å². The molecule has 0 spiro atoms. The molecule has 2 rings (SSSR count). The summed E-state index contributed by atoms with van der Waals surface area (Å²) >= 11 is 6.00. The molecule has 17 heavy (non-hydrogen) atoms. The van der Waals surface area contributed by atoms with Crippen molar-refractivity contribution in [3.8, 4) is 6.07 Å². The van der Waals surface area contributed by atoms with E-state index in [-0.39, 0.29) is 6.10 Å². The second-order valence-corrected chi connectivity index (χ2v) is 4.93. The SMILES string of the molecule is CC1CCN(c2cccc(Cl)c2C#N)CC1O. The number of β-amino-alcohol motifs (C(OH)–C–C–N with tert-alkyl or cyclic N) is 1. The zero-order valence-electron chi connectivity index (χ0n) is 9.73. The van der Waals surface area contributed by atoms with E-state index in [4.69, 9.17) is 16.9 Å². The van der Waals surface area contributed by atoms with Crippen molar-refractivity contribution < 1.29 is 5.11 Å². The van der Waals surface area contributed by atoms with Gasteiger partial charge in [0.15, 0.2) is 0 Å². The number of piperidine rings is 1. The quantitative estimate of drug-likeness (QED) is 0.833. The molecule has 0 saturated carbocycles. The van der Waals surface area contributed by atoms with E-state index in [1.807, 2.05) is 24.0 Å². The second kappa shape index (κ2) is 4.95. The summed E-state index contributed by atoms with van der Waals surface area (Å²) in [6.45, 7) is 3.47. The van der Waals surface area contributed by atoms with Crippen molar-refractivity contribution in [2.75, 3.05) is 18.0 Å². The van der Waals surface area contributed by atoms with Crippen molar-refractivity contribution in [3.05, 3.63) is 28.8 Å². The molecule has 1 fully saturated rings. The number of aliphatic hydroxyl groups is 1. The minimum Gasteiger partial charge on any atom is -0.391 e. The van der Waals surface area contributed by atoms with E-state index in [9.17, 15) is 5.11 Å². The van der Waals surface area contributed by atoms with Crippen LogP contribution in [0.3, 0.4) is 0 Å². The Bertz CT molecular complexity index is 455. The maximum Gasteiger partial charge on any atom is 0.103 e. The van der Waals surface area contributed by atoms with Crippen LogP contribution in [0.1, 0.15) is 18.9 Å². The minimum absolute atomic E-state index is 0.316. The normalized spacial score (nSPS) is 24.5. The second-order valence-electron chi connectivity index (χ2n) is 4.53. The molecule has 4 heteroatoms. The zero-order chi connectivity index (χ0) is 12.4. The monoisotopic (exact) mass is 250 g/mol. The summed E-state index contributed by atoms with van der Waals surface area (Å²) in [6.07, 6.45) is 0.590. The lowest BCUT2D eigenvalue weighted by Crippen LogP contribution is -2.43. The number of anilines is 1. The van der Waals surface area contributed by atoms with Crippen LogP contribution < -0.4 is 4.90 Å². The van der Waals surface area contributed by atoms with E-state index < -0.39 is 0 Å². The van der Waals surface area contributed by atoms with Crippen molar-refractivity contribution in [1.29, 1.82) is 5.26 Å². The van der Waals surface area contributed by atoms with Crippen LogP contribution in [0.4, 0.5) is 5.69 Å². The van der Waals surface area contributed by atoms with E-state index in [0.29, 0.717) is 23.0 Å². The molecule has 1 aliphatic rings. The Hall–Kier alpha value is -1.24. The molecule has 1 aromatic carbocycles. The van der Waals surface area contributed by atoms with Gasteiger partial charge in [0.05, 0.1) is 22.4 Å². The molecule has 1 heterocycles. The molecule has 1 N–H and O–H groups in total. The third kappa shape index (κ3) is 2.38. The maximum absolute atomic E-state index is 9.88. The number of aliphatic hydroxyl groups excluding tert-OH is 1. The average Bonchev–Trinajstić information content (AvgIpc) is 2.32. The molecule has 0 bridgehead atoms. The number of hydrogen-bond acceptors (Lipinski definition) is 3. The van der Waals surface area contributed by atoms with Crippen LogP contribution >= 0.6 is 11.6 Å². The highest BCUT2D eigenvalue weighted by molar-refractivity contribution is 6.32. The van der Waals surface area contributed by atoms with Crippen molar-refractivity contribution in [1.82, 2.24) is 0 Å². The molecule has 0 aliphatic carbocycles. The smallest absolute Gasteiger partial charge is 0.103 e. The molecule has 0 amide bonds. The fraction of sp³-hybridized carbons (Fsp3) is 0.462. The molecular weight excluding hydrogens is 236 g/mol. The Morgan fingerprint density at radius 3 is 2.94 bits per heavy atom. The number of rotatable bonds is 1. The van der Waals surface area contributed by atoms with E-state index in [2.05, 4.69) is 6.07 Å². The number of nitrogens with zero attached hydrogens (tertiary/aromatic N) is 2. The topological polar surface area (TPSA) is 47.3 Å². The summed E-state index contributed by atoms with van der Waals surface area (Å²) in [4.78, 5) is 2.04. The molecule has 1 aromatic rings. The predicted octanol–water partition coefficient (Wildman–Crippen LogP) is 2.42. The van der Waals surface area contributed by atoms with Crippen LogP contribution in [-0.4, -0.2) is 24.3 Å². The molecule has 1 saturated heterocycles. The van der Waals surface area contributed by atoms with Gasteiger partial charge in [0.1, 0.15) is 6.07 Å². The summed E-state index contributed by atoms with van der Waals surface area (Å²) < 4.78 is 0. The fourth-order valence-corrected chi connectivity index (χ4v) is 2.37. The van der Waals surface area contributed by atoms with Crippen LogP contribution in [0.15, 0.2) is 18.2 Å². The molecule has 2 unspecified atom stereocenters. The first-order valence-electron chi connectivity index (χ1n) is 5.75. The molecular formula is C13H15ClN2O. The van der Waals surface area contributed by atoms with Gasteiger partial charge >= 0.3 is 0 Å². The Morgan fingerprint density at radius 1 is 1.53 bits per heavy atom. The van der Waals surface area contributed by atoms with Gasteiger partial charge in [-0.1, -0.05) is 24.6 Å².